The van der Waals surface area contributed by atoms with Crippen LogP contribution in [-0.4, -0.2) is 57.1 Å². The Bertz CT molecular complexity index is 1410. The van der Waals surface area contributed by atoms with Crippen molar-refractivity contribution in [1.82, 2.24) is 14.6 Å². The third kappa shape index (κ3) is 5.06. The number of aromatic nitrogens is 1. The Morgan fingerprint density at radius 3 is 2.83 bits per heavy atom. The lowest BCUT2D eigenvalue weighted by Crippen LogP contribution is -2.30. The van der Waals surface area contributed by atoms with Crippen molar-refractivity contribution in [3.05, 3.63) is 65.1 Å². The number of amides is 1. The smallest absolute Gasteiger partial charge is 0.356 e. The van der Waals surface area contributed by atoms with Gasteiger partial charge in [-0.25, -0.2) is 9.65 Å². The van der Waals surface area contributed by atoms with Crippen LogP contribution in [0.3, 0.4) is 0 Å². The van der Waals surface area contributed by atoms with Gasteiger partial charge in [-0.3, -0.25) is 4.79 Å². The van der Waals surface area contributed by atoms with Gasteiger partial charge >= 0.3 is 12.2 Å². The molecule has 1 aromatic heterocycles. The SMILES string of the molecule is CSC1=[N+]=CN2C(=C1)N=[N+]=C2C#Cc1cccc(C(=O)Nc2cnc(N3CCCCC3)c(C)c2)c1. The monoisotopic (exact) mass is 483 g/mol. The predicted octanol–water partition coefficient (Wildman–Crippen LogP) is 3.07. The van der Waals surface area contributed by atoms with Crippen molar-refractivity contribution in [3.8, 4) is 11.8 Å². The zero-order valence-corrected chi connectivity index (χ0v) is 20.5. The minimum atomic E-state index is -0.206. The van der Waals surface area contributed by atoms with Gasteiger partial charge in [0.1, 0.15) is 5.82 Å². The van der Waals surface area contributed by atoms with E-state index in [0.29, 0.717) is 28.5 Å². The van der Waals surface area contributed by atoms with Gasteiger partial charge in [0.05, 0.1) is 23.1 Å². The molecule has 35 heavy (non-hydrogen) atoms. The molecular formula is C26H25N7OS+2. The summed E-state index contributed by atoms with van der Waals surface area (Å²) in [5.41, 5.74) is 2.96. The maximum Gasteiger partial charge on any atom is 0.469 e. The van der Waals surface area contributed by atoms with Gasteiger partial charge in [-0.1, -0.05) is 28.5 Å². The molecule has 0 unspecified atom stereocenters. The van der Waals surface area contributed by atoms with Crippen molar-refractivity contribution in [3.63, 3.8) is 0 Å². The van der Waals surface area contributed by atoms with Gasteiger partial charge in [0.2, 0.25) is 0 Å². The van der Waals surface area contributed by atoms with Crippen molar-refractivity contribution < 1.29 is 9.58 Å². The van der Waals surface area contributed by atoms with E-state index in [2.05, 4.69) is 41.6 Å². The Morgan fingerprint density at radius 1 is 1.17 bits per heavy atom. The number of hydrogen-bond donors (Lipinski definition) is 1. The number of nitrogens with one attached hydrogen (secondary N) is 1. The zero-order valence-electron chi connectivity index (χ0n) is 19.7. The highest BCUT2D eigenvalue weighted by Crippen LogP contribution is 2.24. The Hall–Kier alpha value is -4.08. The average molecular weight is 484 g/mol. The predicted molar refractivity (Wildman–Crippen MR) is 141 cm³/mol. The first-order chi connectivity index (χ1) is 17.1. The Morgan fingerprint density at radius 2 is 2.03 bits per heavy atom. The summed E-state index contributed by atoms with van der Waals surface area (Å²) in [5, 5.41) is 7.99. The standard InChI is InChI=1S/C26H24N7OS/c1-18-13-21(16-27-25(18)32-11-4-3-5-12-32)29-26(34)20-8-6-7-19(14-20)9-10-22-30-31-23-15-24(35-2)28-17-33(22)23/h6-8,13-17H,3-5,11-12H2,1-2H3/q+1/p+1. The van der Waals surface area contributed by atoms with Crippen LogP contribution in [0.5, 0.6) is 0 Å². The summed E-state index contributed by atoms with van der Waals surface area (Å²) in [5.74, 6) is 8.08. The third-order valence-electron chi connectivity index (χ3n) is 5.89. The molecule has 8 nitrogen and oxygen atoms in total. The summed E-state index contributed by atoms with van der Waals surface area (Å²) in [6.45, 7) is 4.11. The number of aryl methyl sites for hydroxylation is 1. The number of fused-ring (bicyclic) bond motifs is 1. The van der Waals surface area contributed by atoms with Crippen molar-refractivity contribution in [1.29, 1.82) is 0 Å². The summed E-state index contributed by atoms with van der Waals surface area (Å²) in [6.07, 6.45) is 10.9. The number of hydrogen-bond acceptors (Lipinski definition) is 6. The topological polar surface area (TPSA) is 89.0 Å². The van der Waals surface area contributed by atoms with E-state index in [1.807, 2.05) is 37.5 Å². The summed E-state index contributed by atoms with van der Waals surface area (Å²) < 4.78 is 4.35. The number of rotatable bonds is 3. The number of benzene rings is 1. The molecule has 0 aliphatic carbocycles. The lowest BCUT2D eigenvalue weighted by Gasteiger charge is -2.29. The first kappa shape index (κ1) is 22.7. The lowest BCUT2D eigenvalue weighted by molar-refractivity contribution is -0.0718. The van der Waals surface area contributed by atoms with E-state index in [-0.39, 0.29) is 5.91 Å². The largest absolute Gasteiger partial charge is 0.469 e. The van der Waals surface area contributed by atoms with Crippen molar-refractivity contribution in [2.45, 2.75) is 26.2 Å². The van der Waals surface area contributed by atoms with Crippen LogP contribution in [0.15, 0.2) is 53.5 Å². The fourth-order valence-corrected chi connectivity index (χ4v) is 4.49. The number of carbonyl (C=O) groups is 1. The van der Waals surface area contributed by atoms with E-state index in [4.69, 9.17) is 0 Å². The van der Waals surface area contributed by atoms with Crippen LogP contribution in [-0.2, 0) is 0 Å². The molecule has 1 saturated heterocycles. The van der Waals surface area contributed by atoms with E-state index >= 15 is 0 Å². The third-order valence-corrected chi connectivity index (χ3v) is 6.53. The fourth-order valence-electron chi connectivity index (χ4n) is 4.12. The van der Waals surface area contributed by atoms with Gasteiger partial charge in [-0.15, -0.1) is 4.90 Å². The van der Waals surface area contributed by atoms with E-state index in [0.717, 1.165) is 29.5 Å². The van der Waals surface area contributed by atoms with Gasteiger partial charge in [0.25, 0.3) is 16.8 Å². The second-order valence-corrected chi connectivity index (χ2v) is 9.21. The molecule has 0 spiro atoms. The number of carbonyl (C=O) groups excluding carboxylic acids is 1. The summed E-state index contributed by atoms with van der Waals surface area (Å²) in [4.78, 5) is 25.7. The van der Waals surface area contributed by atoms with Gasteiger partial charge in [-0.2, -0.15) is 0 Å². The Kier molecular flexibility index (Phi) is 6.51. The summed E-state index contributed by atoms with van der Waals surface area (Å²) in [6, 6.07) is 9.18. The number of anilines is 2. The van der Waals surface area contributed by atoms with Crippen LogP contribution >= 0.6 is 11.8 Å². The van der Waals surface area contributed by atoms with E-state index in [1.165, 1.54) is 19.3 Å². The maximum absolute atomic E-state index is 12.9. The second kappa shape index (κ2) is 10.0. The van der Waals surface area contributed by atoms with Crippen molar-refractivity contribution >= 4 is 46.4 Å². The highest BCUT2D eigenvalue weighted by atomic mass is 32.2. The van der Waals surface area contributed by atoms with Crippen LogP contribution in [0.4, 0.5) is 11.5 Å². The molecule has 4 heterocycles. The highest BCUT2D eigenvalue weighted by molar-refractivity contribution is 8.13. The molecule has 0 atom stereocenters. The lowest BCUT2D eigenvalue weighted by atomic mass is 10.1. The van der Waals surface area contributed by atoms with E-state index < -0.39 is 0 Å². The van der Waals surface area contributed by atoms with Crippen LogP contribution < -0.4 is 14.9 Å². The summed E-state index contributed by atoms with van der Waals surface area (Å²) >= 11 is 1.54. The molecule has 174 valence electrons. The molecule has 0 radical (unpaired) electrons. The quantitative estimate of drug-likeness (QED) is 0.535. The first-order valence-electron chi connectivity index (χ1n) is 11.5. The average Bonchev–Trinajstić information content (AvgIpc) is 3.30. The molecular weight excluding hydrogens is 458 g/mol. The zero-order chi connectivity index (χ0) is 24.2. The molecule has 0 saturated carbocycles. The fraction of sp³-hybridized carbons (Fsp3) is 0.269. The summed E-state index contributed by atoms with van der Waals surface area (Å²) in [7, 11) is 0. The van der Waals surface area contributed by atoms with Gasteiger partial charge in [0.15, 0.2) is 0 Å². The molecule has 5 rings (SSSR count). The minimum absolute atomic E-state index is 0.206. The van der Waals surface area contributed by atoms with Crippen LogP contribution in [0.1, 0.15) is 40.7 Å². The molecule has 2 aromatic rings. The van der Waals surface area contributed by atoms with E-state index in [1.54, 1.807) is 41.3 Å². The molecule has 9 heteroatoms. The van der Waals surface area contributed by atoms with E-state index in [9.17, 15) is 4.79 Å². The molecule has 1 aromatic carbocycles. The van der Waals surface area contributed by atoms with Gasteiger partial charge < -0.3 is 10.2 Å². The minimum Gasteiger partial charge on any atom is -0.356 e. The van der Waals surface area contributed by atoms with Gasteiger partial charge in [0, 0.05) is 30.1 Å². The number of thioether (sulfide) groups is 1. The first-order valence-corrected chi connectivity index (χ1v) is 12.7. The van der Waals surface area contributed by atoms with Gasteiger partial charge in [-0.05, 0) is 62.3 Å². The molecule has 1 N–H and O–H groups in total. The van der Waals surface area contributed by atoms with Crippen LogP contribution in [0.2, 0.25) is 0 Å². The number of nitrogens with zero attached hydrogens (tertiary/aromatic N) is 6. The van der Waals surface area contributed by atoms with Crippen LogP contribution in [0.25, 0.3) is 0 Å². The molecule has 1 fully saturated rings. The Labute approximate surface area is 208 Å². The number of pyridine rings is 1. The molecule has 1 amide bonds. The second-order valence-electron chi connectivity index (χ2n) is 8.38. The van der Waals surface area contributed by atoms with Crippen LogP contribution in [0, 0.1) is 18.8 Å². The normalized spacial score (nSPS) is 16.1. The Balaban J connectivity index is 1.27. The van der Waals surface area contributed by atoms with Crippen molar-refractivity contribution in [2.24, 2.45) is 5.11 Å². The number of piperidine rings is 1. The maximum atomic E-state index is 12.9. The van der Waals surface area contributed by atoms with Crippen molar-refractivity contribution in [2.75, 3.05) is 29.6 Å². The molecule has 3 aliphatic heterocycles. The molecule has 0 bridgehead atoms. The highest BCUT2D eigenvalue weighted by Gasteiger charge is 2.35. The number of amidine groups is 1. The molecule has 3 aliphatic rings.